The van der Waals surface area contributed by atoms with E-state index in [-0.39, 0.29) is 41.2 Å². The van der Waals surface area contributed by atoms with Crippen molar-refractivity contribution in [1.29, 1.82) is 5.41 Å². The molecule has 10 heteroatoms. The first-order valence-electron chi connectivity index (χ1n) is 10.3. The summed E-state index contributed by atoms with van der Waals surface area (Å²) in [4.78, 5) is 25.1. The molecule has 3 rings (SSSR count). The number of amides is 2. The molecule has 0 aliphatic carbocycles. The number of nitrogen functional groups attached to an aromatic ring is 1. The Hall–Kier alpha value is -3.63. The number of aliphatic carboxylic acids is 1. The van der Waals surface area contributed by atoms with E-state index in [4.69, 9.17) is 21.0 Å². The molecule has 1 saturated heterocycles. The first-order chi connectivity index (χ1) is 14.9. The maximum atomic E-state index is 12.4. The van der Waals surface area contributed by atoms with E-state index in [0.29, 0.717) is 37.4 Å². The molecule has 2 amide bonds. The summed E-state index contributed by atoms with van der Waals surface area (Å²) >= 11 is 0. The molecular formula is C23H32N4O6. The van der Waals surface area contributed by atoms with Crippen LogP contribution in [-0.2, 0) is 4.79 Å². The van der Waals surface area contributed by atoms with Crippen molar-refractivity contribution in [3.05, 3.63) is 54.1 Å². The number of amidine groups is 1. The van der Waals surface area contributed by atoms with Crippen molar-refractivity contribution in [2.75, 3.05) is 19.7 Å². The van der Waals surface area contributed by atoms with Gasteiger partial charge in [0.05, 0.1) is 6.04 Å². The van der Waals surface area contributed by atoms with Crippen LogP contribution in [0, 0.1) is 11.3 Å². The monoisotopic (exact) mass is 460 g/mol. The Bertz CT molecular complexity index is 933. The molecule has 10 nitrogen and oxygen atoms in total. The SMILES string of the molecule is CCNC(=O)N1C[C@H](CC(=O)O)C[C@H]1COc1ccc(-c2ccc(C(=N)N)cc2)cc1.O.O. The van der Waals surface area contributed by atoms with Crippen LogP contribution in [0.2, 0.25) is 0 Å². The summed E-state index contributed by atoms with van der Waals surface area (Å²) in [5, 5.41) is 19.3. The van der Waals surface area contributed by atoms with Crippen LogP contribution in [0.15, 0.2) is 48.5 Å². The fourth-order valence-electron chi connectivity index (χ4n) is 3.85. The lowest BCUT2D eigenvalue weighted by atomic mass is 10.0. The van der Waals surface area contributed by atoms with E-state index in [1.807, 2.05) is 55.5 Å². The molecule has 33 heavy (non-hydrogen) atoms. The van der Waals surface area contributed by atoms with Crippen LogP contribution in [0.3, 0.4) is 0 Å². The van der Waals surface area contributed by atoms with Gasteiger partial charge >= 0.3 is 12.0 Å². The van der Waals surface area contributed by atoms with Crippen LogP contribution >= 0.6 is 0 Å². The summed E-state index contributed by atoms with van der Waals surface area (Å²) < 4.78 is 5.93. The molecule has 1 fully saturated rings. The molecule has 0 bridgehead atoms. The van der Waals surface area contributed by atoms with Gasteiger partial charge in [0.15, 0.2) is 0 Å². The Labute approximate surface area is 192 Å². The van der Waals surface area contributed by atoms with Crippen molar-refractivity contribution in [3.8, 4) is 16.9 Å². The number of carbonyl (C=O) groups excluding carboxylic acids is 1. The summed E-state index contributed by atoms with van der Waals surface area (Å²) in [6.45, 7) is 3.09. The predicted molar refractivity (Wildman–Crippen MR) is 126 cm³/mol. The summed E-state index contributed by atoms with van der Waals surface area (Å²) in [6, 6.07) is 14.7. The zero-order valence-electron chi connectivity index (χ0n) is 18.5. The average Bonchev–Trinajstić information content (AvgIpc) is 3.15. The van der Waals surface area contributed by atoms with Gasteiger partial charge in [-0.3, -0.25) is 10.2 Å². The van der Waals surface area contributed by atoms with E-state index >= 15 is 0 Å². The molecule has 0 aromatic heterocycles. The van der Waals surface area contributed by atoms with Crippen molar-refractivity contribution < 1.29 is 30.4 Å². The van der Waals surface area contributed by atoms with Gasteiger partial charge in [0.1, 0.15) is 18.2 Å². The van der Waals surface area contributed by atoms with Gasteiger partial charge < -0.3 is 36.7 Å². The Morgan fingerprint density at radius 2 is 1.70 bits per heavy atom. The Morgan fingerprint density at radius 1 is 1.12 bits per heavy atom. The topological polar surface area (TPSA) is 192 Å². The fourth-order valence-corrected chi connectivity index (χ4v) is 3.85. The molecule has 9 N–H and O–H groups in total. The number of urea groups is 1. The zero-order chi connectivity index (χ0) is 22.4. The first-order valence-corrected chi connectivity index (χ1v) is 10.3. The number of carbonyl (C=O) groups is 2. The van der Waals surface area contributed by atoms with Crippen LogP contribution in [0.4, 0.5) is 4.79 Å². The molecule has 2 aromatic carbocycles. The molecule has 0 radical (unpaired) electrons. The fraction of sp³-hybridized carbons (Fsp3) is 0.348. The van der Waals surface area contributed by atoms with E-state index in [2.05, 4.69) is 5.32 Å². The summed E-state index contributed by atoms with van der Waals surface area (Å²) in [5.41, 5.74) is 8.19. The lowest BCUT2D eigenvalue weighted by Gasteiger charge is -2.24. The average molecular weight is 461 g/mol. The standard InChI is InChI=1S/C23H28N4O4.2H2O/c1-2-26-23(30)27-13-15(12-21(28)29)11-19(27)14-31-20-9-7-17(8-10-20)16-3-5-18(6-4-16)22(24)25;;/h3-10,15,19H,2,11-14H2,1H3,(H3,24,25)(H,26,30)(H,28,29);2*1H2/t15-,19-;;/m0../s1. The molecule has 1 aliphatic heterocycles. The number of nitrogens with zero attached hydrogens (tertiary/aromatic N) is 1. The second kappa shape index (κ2) is 12.4. The highest BCUT2D eigenvalue weighted by atomic mass is 16.5. The zero-order valence-corrected chi connectivity index (χ0v) is 18.5. The lowest BCUT2D eigenvalue weighted by molar-refractivity contribution is -0.138. The third kappa shape index (κ3) is 7.19. The van der Waals surface area contributed by atoms with Gasteiger partial charge in [-0.1, -0.05) is 36.4 Å². The van der Waals surface area contributed by atoms with Crippen molar-refractivity contribution in [2.45, 2.75) is 25.8 Å². The maximum absolute atomic E-state index is 12.4. The number of ether oxygens (including phenoxy) is 1. The van der Waals surface area contributed by atoms with E-state index < -0.39 is 5.97 Å². The molecule has 2 atom stereocenters. The number of benzene rings is 2. The Balaban J connectivity index is 0.00000272. The summed E-state index contributed by atoms with van der Waals surface area (Å²) in [6.07, 6.45) is 0.646. The third-order valence-electron chi connectivity index (χ3n) is 5.38. The third-order valence-corrected chi connectivity index (χ3v) is 5.38. The van der Waals surface area contributed by atoms with E-state index in [9.17, 15) is 9.59 Å². The molecule has 0 saturated carbocycles. The summed E-state index contributed by atoms with van der Waals surface area (Å²) in [5.74, 6) is -0.209. The minimum Gasteiger partial charge on any atom is -0.491 e. The number of rotatable bonds is 8. The largest absolute Gasteiger partial charge is 0.491 e. The minimum atomic E-state index is -0.852. The van der Waals surface area contributed by atoms with Crippen molar-refractivity contribution in [2.24, 2.45) is 11.7 Å². The van der Waals surface area contributed by atoms with Crippen LogP contribution in [-0.4, -0.2) is 64.5 Å². The van der Waals surface area contributed by atoms with Gasteiger partial charge in [-0.25, -0.2) is 4.79 Å². The Morgan fingerprint density at radius 3 is 2.21 bits per heavy atom. The second-order valence-electron chi connectivity index (χ2n) is 7.67. The number of nitrogens with two attached hydrogens (primary N) is 1. The van der Waals surface area contributed by atoms with Gasteiger partial charge in [0.2, 0.25) is 0 Å². The molecular weight excluding hydrogens is 428 g/mol. The van der Waals surface area contributed by atoms with Gasteiger partial charge in [0, 0.05) is 25.1 Å². The number of carboxylic acid groups (broad SMARTS) is 1. The second-order valence-corrected chi connectivity index (χ2v) is 7.67. The van der Waals surface area contributed by atoms with Gasteiger partial charge in [-0.2, -0.15) is 0 Å². The van der Waals surface area contributed by atoms with Crippen LogP contribution in [0.25, 0.3) is 11.1 Å². The molecule has 1 aliphatic rings. The van der Waals surface area contributed by atoms with Gasteiger partial charge in [-0.05, 0) is 42.5 Å². The van der Waals surface area contributed by atoms with E-state index in [1.54, 1.807) is 4.90 Å². The number of hydrogen-bond acceptors (Lipinski definition) is 4. The minimum absolute atomic E-state index is 0. The normalized spacial score (nSPS) is 16.8. The number of likely N-dealkylation sites (tertiary alicyclic amines) is 1. The summed E-state index contributed by atoms with van der Waals surface area (Å²) in [7, 11) is 0. The molecule has 0 spiro atoms. The number of carboxylic acids is 1. The van der Waals surface area contributed by atoms with E-state index in [0.717, 1.165) is 11.1 Å². The number of hydrogen-bond donors (Lipinski definition) is 4. The molecule has 1 heterocycles. The number of nitrogens with one attached hydrogen (secondary N) is 2. The Kier molecular flexibility index (Phi) is 10.3. The highest BCUT2D eigenvalue weighted by molar-refractivity contribution is 5.95. The predicted octanol–water partition coefficient (Wildman–Crippen LogP) is 1.26. The highest BCUT2D eigenvalue weighted by Gasteiger charge is 2.36. The maximum Gasteiger partial charge on any atom is 0.317 e. The smallest absolute Gasteiger partial charge is 0.317 e. The molecule has 0 unspecified atom stereocenters. The van der Waals surface area contributed by atoms with Gasteiger partial charge in [-0.15, -0.1) is 0 Å². The van der Waals surface area contributed by atoms with Crippen LogP contribution < -0.4 is 15.8 Å². The van der Waals surface area contributed by atoms with Crippen LogP contribution in [0.5, 0.6) is 5.75 Å². The van der Waals surface area contributed by atoms with Crippen molar-refractivity contribution >= 4 is 17.8 Å². The molecule has 2 aromatic rings. The molecule has 180 valence electrons. The van der Waals surface area contributed by atoms with Crippen molar-refractivity contribution in [1.82, 2.24) is 10.2 Å². The quantitative estimate of drug-likeness (QED) is 0.340. The van der Waals surface area contributed by atoms with Gasteiger partial charge in [0.25, 0.3) is 0 Å². The first kappa shape index (κ1) is 27.4. The van der Waals surface area contributed by atoms with E-state index in [1.165, 1.54) is 0 Å². The highest BCUT2D eigenvalue weighted by Crippen LogP contribution is 2.28. The lowest BCUT2D eigenvalue weighted by Crippen LogP contribution is -2.45. The van der Waals surface area contributed by atoms with Crippen LogP contribution in [0.1, 0.15) is 25.3 Å². The van der Waals surface area contributed by atoms with Crippen molar-refractivity contribution in [3.63, 3.8) is 0 Å².